The molecule has 12 heavy (non-hydrogen) atoms. The minimum Gasteiger partial charge on any atom is -0.363 e. The zero-order chi connectivity index (χ0) is 9.14. The molecule has 1 heterocycles. The minimum absolute atomic E-state index is 0.288. The van der Waals surface area contributed by atoms with Crippen LogP contribution >= 0.6 is 11.6 Å². The van der Waals surface area contributed by atoms with Gasteiger partial charge in [0, 0.05) is 12.1 Å². The van der Waals surface area contributed by atoms with Gasteiger partial charge in [-0.25, -0.2) is 0 Å². The smallest absolute Gasteiger partial charge is 0.206 e. The molecule has 0 fully saturated rings. The van der Waals surface area contributed by atoms with Gasteiger partial charge < -0.3 is 5.32 Å². The number of nitrogens with zero attached hydrogens (tertiary/aromatic N) is 3. The Hall–Kier alpha value is -1.10. The van der Waals surface area contributed by atoms with Crippen LogP contribution in [0, 0.1) is 0 Å². The Balaban J connectivity index is 2.85. The second-order valence-corrected chi connectivity index (χ2v) is 3.06. The number of halogens is 1. The van der Waals surface area contributed by atoms with Gasteiger partial charge in [-0.1, -0.05) is 11.6 Å². The van der Waals surface area contributed by atoms with E-state index < -0.39 is 0 Å². The molecule has 0 saturated heterocycles. The molecule has 0 spiro atoms. The van der Waals surface area contributed by atoms with Crippen molar-refractivity contribution < 1.29 is 4.91 Å². The normalized spacial score (nSPS) is 10.3. The van der Waals surface area contributed by atoms with Gasteiger partial charge in [-0.2, -0.15) is 5.84 Å². The predicted octanol–water partition coefficient (Wildman–Crippen LogP) is -0.0484. The van der Waals surface area contributed by atoms with E-state index in [-0.39, 0.29) is 6.04 Å². The van der Waals surface area contributed by atoms with E-state index in [9.17, 15) is 0 Å². The Morgan fingerprint density at radius 2 is 2.25 bits per heavy atom. The van der Waals surface area contributed by atoms with Crippen molar-refractivity contribution in [1.82, 2.24) is 10.2 Å². The quantitative estimate of drug-likeness (QED) is 0.505. The lowest BCUT2D eigenvalue weighted by molar-refractivity contribution is -0.756. The third-order valence-electron chi connectivity index (χ3n) is 1.10. The third kappa shape index (κ3) is 2.50. The summed E-state index contributed by atoms with van der Waals surface area (Å²) in [6, 6.07) is 1.90. The summed E-state index contributed by atoms with van der Waals surface area (Å²) in [6.45, 7) is 3.99. The van der Waals surface area contributed by atoms with Crippen LogP contribution in [-0.2, 0) is 0 Å². The first-order valence-corrected chi connectivity index (χ1v) is 3.94. The molecule has 0 bridgehead atoms. The van der Waals surface area contributed by atoms with Crippen molar-refractivity contribution in [3.8, 4) is 0 Å². The lowest BCUT2D eigenvalue weighted by Crippen LogP contribution is -2.52. The number of hydrogen-bond acceptors (Lipinski definition) is 4. The standard InChI is InChI=1S/C6H11ClN5/c1-4(2)9-6-3-5(7)10-12(8)11-6/h3-4H,1-2H3,(H3,8,9,10,11)/q+1. The van der Waals surface area contributed by atoms with Crippen LogP contribution in [-0.4, -0.2) is 16.2 Å². The van der Waals surface area contributed by atoms with Gasteiger partial charge in [-0.15, -0.1) is 0 Å². The molecule has 0 aliphatic carbocycles. The lowest BCUT2D eigenvalue weighted by Gasteiger charge is -2.04. The number of aromatic nitrogens is 3. The molecule has 0 aromatic carbocycles. The largest absolute Gasteiger partial charge is 0.363 e. The summed E-state index contributed by atoms with van der Waals surface area (Å²) in [5, 5.41) is 10.9. The van der Waals surface area contributed by atoms with Crippen molar-refractivity contribution in [3.05, 3.63) is 11.2 Å². The van der Waals surface area contributed by atoms with Crippen LogP contribution in [0.25, 0.3) is 0 Å². The molecule has 66 valence electrons. The molecule has 0 aliphatic rings. The van der Waals surface area contributed by atoms with Gasteiger partial charge in [0.05, 0.1) is 10.2 Å². The maximum atomic E-state index is 5.64. The number of nitrogen functional groups attached to an aromatic ring is 1. The highest BCUT2D eigenvalue weighted by Gasteiger charge is 2.07. The summed E-state index contributed by atoms with van der Waals surface area (Å²) in [7, 11) is 0. The molecular formula is C6H11ClN5+. The average Bonchev–Trinajstić information content (AvgIpc) is 1.81. The second-order valence-electron chi connectivity index (χ2n) is 2.67. The SMILES string of the molecule is CC(C)Nc1cc(Cl)n[n+](N)n1. The van der Waals surface area contributed by atoms with Crippen LogP contribution in [0.15, 0.2) is 6.07 Å². The highest BCUT2D eigenvalue weighted by molar-refractivity contribution is 6.29. The van der Waals surface area contributed by atoms with E-state index in [1.165, 1.54) is 0 Å². The molecule has 0 aliphatic heterocycles. The maximum Gasteiger partial charge on any atom is 0.206 e. The summed E-state index contributed by atoms with van der Waals surface area (Å²) in [5.41, 5.74) is 0. The highest BCUT2D eigenvalue weighted by Crippen LogP contribution is 2.06. The number of nitrogens with two attached hydrogens (primary N) is 1. The molecule has 1 rings (SSSR count). The molecule has 0 unspecified atom stereocenters. The van der Waals surface area contributed by atoms with Gasteiger partial charge in [0.25, 0.3) is 0 Å². The van der Waals surface area contributed by atoms with E-state index in [4.69, 9.17) is 17.4 Å². The average molecular weight is 189 g/mol. The van der Waals surface area contributed by atoms with Crippen LogP contribution in [0.4, 0.5) is 5.82 Å². The molecule has 1 aromatic heterocycles. The van der Waals surface area contributed by atoms with Gasteiger partial charge in [0.2, 0.25) is 11.0 Å². The molecule has 0 saturated carbocycles. The van der Waals surface area contributed by atoms with Gasteiger partial charge in [0.1, 0.15) is 0 Å². The fraction of sp³-hybridized carbons (Fsp3) is 0.500. The van der Waals surface area contributed by atoms with Gasteiger partial charge in [-0.3, -0.25) is 0 Å². The molecule has 1 aromatic rings. The number of rotatable bonds is 2. The fourth-order valence-electron chi connectivity index (χ4n) is 0.767. The van der Waals surface area contributed by atoms with Crippen LogP contribution in [0.1, 0.15) is 13.8 Å². The van der Waals surface area contributed by atoms with Gasteiger partial charge in [-0.05, 0) is 13.8 Å². The van der Waals surface area contributed by atoms with Crippen LogP contribution in [0.3, 0.4) is 0 Å². The Labute approximate surface area is 75.5 Å². The van der Waals surface area contributed by atoms with E-state index >= 15 is 0 Å². The maximum absolute atomic E-state index is 5.64. The second kappa shape index (κ2) is 3.53. The minimum atomic E-state index is 0.288. The summed E-state index contributed by atoms with van der Waals surface area (Å²) in [5.74, 6) is 5.92. The monoisotopic (exact) mass is 188 g/mol. The van der Waals surface area contributed by atoms with Crippen molar-refractivity contribution in [2.45, 2.75) is 19.9 Å². The van der Waals surface area contributed by atoms with Crippen molar-refractivity contribution in [1.29, 1.82) is 0 Å². The molecule has 0 amide bonds. The Morgan fingerprint density at radius 1 is 1.58 bits per heavy atom. The highest BCUT2D eigenvalue weighted by atomic mass is 35.5. The number of nitrogens with one attached hydrogen (secondary N) is 1. The van der Waals surface area contributed by atoms with Crippen LogP contribution in [0.5, 0.6) is 0 Å². The topological polar surface area (TPSA) is 67.7 Å². The van der Waals surface area contributed by atoms with E-state index in [1.54, 1.807) is 6.07 Å². The fourth-order valence-corrected chi connectivity index (χ4v) is 0.948. The lowest BCUT2D eigenvalue weighted by atomic mass is 10.4. The zero-order valence-electron chi connectivity index (χ0n) is 6.95. The van der Waals surface area contributed by atoms with E-state index in [2.05, 4.69) is 15.5 Å². The van der Waals surface area contributed by atoms with Crippen molar-refractivity contribution >= 4 is 17.4 Å². The summed E-state index contributed by atoms with van der Waals surface area (Å²) in [6.07, 6.45) is 0. The Bertz CT molecular complexity index is 254. The molecule has 0 radical (unpaired) electrons. The van der Waals surface area contributed by atoms with Crippen LogP contribution in [0.2, 0.25) is 5.15 Å². The Morgan fingerprint density at radius 3 is 2.75 bits per heavy atom. The van der Waals surface area contributed by atoms with Crippen molar-refractivity contribution in [3.63, 3.8) is 0 Å². The van der Waals surface area contributed by atoms with Gasteiger partial charge in [0.15, 0.2) is 4.91 Å². The summed E-state index contributed by atoms with van der Waals surface area (Å²) >= 11 is 5.64. The van der Waals surface area contributed by atoms with E-state index in [0.29, 0.717) is 11.0 Å². The molecule has 0 atom stereocenters. The first kappa shape index (κ1) is 8.99. The Kier molecular flexibility index (Phi) is 2.65. The molecule has 6 heteroatoms. The summed E-state index contributed by atoms with van der Waals surface area (Å²) in [4.78, 5) is 0.938. The first-order chi connectivity index (χ1) is 5.58. The third-order valence-corrected chi connectivity index (χ3v) is 1.29. The van der Waals surface area contributed by atoms with E-state index in [1.807, 2.05) is 13.8 Å². The molecular weight excluding hydrogens is 178 g/mol. The number of anilines is 1. The molecule has 3 N–H and O–H groups in total. The van der Waals surface area contributed by atoms with Crippen molar-refractivity contribution in [2.75, 3.05) is 11.2 Å². The predicted molar refractivity (Wildman–Crippen MR) is 46.1 cm³/mol. The summed E-state index contributed by atoms with van der Waals surface area (Å²) < 4.78 is 0. The van der Waals surface area contributed by atoms with Gasteiger partial charge >= 0.3 is 0 Å². The van der Waals surface area contributed by atoms with Crippen molar-refractivity contribution in [2.24, 2.45) is 0 Å². The number of hydrogen-bond donors (Lipinski definition) is 2. The van der Waals surface area contributed by atoms with E-state index in [0.717, 1.165) is 4.91 Å². The first-order valence-electron chi connectivity index (χ1n) is 3.57. The zero-order valence-corrected chi connectivity index (χ0v) is 7.71. The molecule has 5 nitrogen and oxygen atoms in total. The van der Waals surface area contributed by atoms with Crippen LogP contribution < -0.4 is 16.1 Å².